The van der Waals surface area contributed by atoms with E-state index in [1.165, 1.54) is 19.3 Å². The number of carbonyl (C=O) groups is 6. The van der Waals surface area contributed by atoms with Gasteiger partial charge in [-0.15, -0.1) is 0 Å². The monoisotopic (exact) mass is 960 g/mol. The van der Waals surface area contributed by atoms with Crippen molar-refractivity contribution in [3.8, 4) is 0 Å². The molecule has 0 aliphatic carbocycles. The molecular weight excluding hydrogens is 880 g/mol. The highest BCUT2D eigenvalue weighted by molar-refractivity contribution is 9.09. The summed E-state index contributed by atoms with van der Waals surface area (Å²) in [5, 5.41) is 2.31. The Kier molecular flexibility index (Phi) is 30.5. The van der Waals surface area contributed by atoms with E-state index in [1.807, 2.05) is 0 Å². The highest BCUT2D eigenvalue weighted by atomic mass is 79.9. The normalized spacial score (nSPS) is 12.1. The second-order valence-electron chi connectivity index (χ2n) is 19.7. The third-order valence-electron chi connectivity index (χ3n) is 6.15. The minimum atomic E-state index is -1.04. The Labute approximate surface area is 369 Å². The molecule has 0 aromatic rings. The van der Waals surface area contributed by atoms with E-state index < -0.39 is 81.3 Å². The molecule has 0 aromatic carbocycles. The molecule has 0 aliphatic rings. The van der Waals surface area contributed by atoms with E-state index >= 15 is 0 Å². The first-order valence-corrected chi connectivity index (χ1v) is 22.1. The van der Waals surface area contributed by atoms with Crippen LogP contribution in [-0.4, -0.2) is 80.1 Å². The van der Waals surface area contributed by atoms with Gasteiger partial charge in [0, 0.05) is 10.7 Å². The Hall–Kier alpha value is -2.22. The summed E-state index contributed by atoms with van der Waals surface area (Å²) < 4.78 is 31.7. The van der Waals surface area contributed by atoms with Crippen LogP contribution in [0.5, 0.6) is 0 Å². The van der Waals surface area contributed by atoms with Crippen molar-refractivity contribution in [2.45, 2.75) is 223 Å². The number of hydrogen-bond acceptors (Lipinski definition) is 12. The summed E-state index contributed by atoms with van der Waals surface area (Å²) in [6.07, 6.45) is 5.73. The Morgan fingerprint density at radius 1 is 0.362 bits per heavy atom. The van der Waals surface area contributed by atoms with Crippen LogP contribution < -0.4 is 0 Å². The average Bonchev–Trinajstić information content (AvgIpc) is 2.91. The van der Waals surface area contributed by atoms with Gasteiger partial charge >= 0.3 is 35.8 Å². The maximum atomic E-state index is 12.7. The molecule has 0 amide bonds. The molecule has 0 rings (SSSR count). The summed E-state index contributed by atoms with van der Waals surface area (Å²) in [6, 6.07) is 0. The van der Waals surface area contributed by atoms with Crippen LogP contribution in [0.15, 0.2) is 0 Å². The van der Waals surface area contributed by atoms with Gasteiger partial charge in [0.05, 0.1) is 0 Å². The highest BCUT2D eigenvalue weighted by Crippen LogP contribution is 2.24. The lowest BCUT2D eigenvalue weighted by atomic mass is 9.96. The molecule has 0 aliphatic heterocycles. The van der Waals surface area contributed by atoms with E-state index in [-0.39, 0.29) is 26.7 Å². The Morgan fingerprint density at radius 2 is 0.569 bits per heavy atom. The molecule has 0 saturated heterocycles. The first-order valence-electron chi connectivity index (χ1n) is 19.9. The highest BCUT2D eigenvalue weighted by Gasteiger charge is 2.36. The summed E-state index contributed by atoms with van der Waals surface area (Å²) in [5.41, 5.74) is -4.06. The van der Waals surface area contributed by atoms with Gasteiger partial charge in [-0.1, -0.05) is 65.0 Å². The topological polar surface area (TPSA) is 158 Å². The van der Waals surface area contributed by atoms with Crippen molar-refractivity contribution < 1.29 is 57.2 Å². The molecular formula is C44H82Br2O12. The molecule has 14 heteroatoms. The minimum absolute atomic E-state index is 0. The molecule has 0 aromatic heterocycles. The minimum Gasteiger partial charge on any atom is -0.460 e. The van der Waals surface area contributed by atoms with Crippen LogP contribution in [0.3, 0.4) is 0 Å². The summed E-state index contributed by atoms with van der Waals surface area (Å²) in [6.45, 7) is 31.4. The van der Waals surface area contributed by atoms with Gasteiger partial charge in [0.15, 0.2) is 11.8 Å². The van der Waals surface area contributed by atoms with Crippen molar-refractivity contribution in [1.29, 1.82) is 0 Å². The Balaban J connectivity index is -0.000000519. The number of carbonyl (C=O) groups excluding carboxylic acids is 6. The summed E-state index contributed by atoms with van der Waals surface area (Å²) in [4.78, 5) is 73.1. The van der Waals surface area contributed by atoms with Crippen LogP contribution in [0, 0.1) is 11.8 Å². The van der Waals surface area contributed by atoms with E-state index in [2.05, 4.69) is 31.9 Å². The summed E-state index contributed by atoms with van der Waals surface area (Å²) >= 11 is 6.73. The van der Waals surface area contributed by atoms with E-state index in [9.17, 15) is 28.8 Å². The van der Waals surface area contributed by atoms with Crippen LogP contribution in [0.1, 0.15) is 190 Å². The first-order chi connectivity index (χ1) is 25.4. The van der Waals surface area contributed by atoms with Crippen molar-refractivity contribution in [2.75, 3.05) is 10.7 Å². The van der Waals surface area contributed by atoms with Crippen LogP contribution >= 0.6 is 31.9 Å². The lowest BCUT2D eigenvalue weighted by Crippen LogP contribution is -2.37. The third-order valence-corrected chi connectivity index (χ3v) is 7.27. The van der Waals surface area contributed by atoms with Crippen molar-refractivity contribution in [3.63, 3.8) is 0 Å². The predicted molar refractivity (Wildman–Crippen MR) is 238 cm³/mol. The number of ether oxygens (including phenoxy) is 6. The fourth-order valence-corrected chi connectivity index (χ4v) is 5.06. The van der Waals surface area contributed by atoms with Crippen LogP contribution in [0.2, 0.25) is 0 Å². The van der Waals surface area contributed by atoms with Gasteiger partial charge < -0.3 is 28.4 Å². The van der Waals surface area contributed by atoms with Gasteiger partial charge in [-0.2, -0.15) is 0 Å². The Bertz CT molecular complexity index is 1070. The Morgan fingerprint density at radius 3 is 0.759 bits per heavy atom. The van der Waals surface area contributed by atoms with Gasteiger partial charge in [0.2, 0.25) is 0 Å². The maximum absolute atomic E-state index is 12.7. The van der Waals surface area contributed by atoms with Crippen molar-refractivity contribution >= 4 is 67.7 Å². The molecule has 58 heavy (non-hydrogen) atoms. The molecule has 0 bridgehead atoms. The van der Waals surface area contributed by atoms with Crippen molar-refractivity contribution in [3.05, 3.63) is 0 Å². The van der Waals surface area contributed by atoms with E-state index in [0.717, 1.165) is 10.7 Å². The van der Waals surface area contributed by atoms with Gasteiger partial charge in [0.1, 0.15) is 40.0 Å². The molecule has 0 N–H and O–H groups in total. The van der Waals surface area contributed by atoms with E-state index in [1.54, 1.807) is 125 Å². The second-order valence-corrected chi connectivity index (χ2v) is 21.3. The standard InChI is InChI=1S/C27H48O8.C11H20O4.C5H10Br2.CH4/c1-24(2,3)32-20(28)18(21(29)33-25(4,5)6)16-14-13-15-17-19(22(30)34-26(7,8)9)23(31)35-27(10,11)12;1-10(2,3)14-8(12)7-9(13)15-11(4,5)6;6-4-2-1-3-5-7;/h18-19H,13-17H2,1-12H3;7H2,1-6H3;1-5H2;1H4. The number of alkyl halides is 2. The molecule has 12 nitrogen and oxygen atoms in total. The molecule has 344 valence electrons. The van der Waals surface area contributed by atoms with Gasteiger partial charge in [0.25, 0.3) is 0 Å². The lowest BCUT2D eigenvalue weighted by molar-refractivity contribution is -0.176. The largest absolute Gasteiger partial charge is 0.460 e. The number of unbranched alkanes of at least 4 members (excludes halogenated alkanes) is 4. The van der Waals surface area contributed by atoms with Crippen molar-refractivity contribution in [1.82, 2.24) is 0 Å². The zero-order chi connectivity index (χ0) is 45.6. The summed E-state index contributed by atoms with van der Waals surface area (Å²) in [5.74, 6) is -5.67. The molecule has 0 heterocycles. The van der Waals surface area contributed by atoms with Gasteiger partial charge in [-0.25, -0.2) is 0 Å². The molecule has 0 unspecified atom stereocenters. The molecule has 0 saturated carbocycles. The van der Waals surface area contributed by atoms with Gasteiger partial charge in [-0.3, -0.25) is 28.8 Å². The number of esters is 6. The number of halogens is 2. The first kappa shape index (κ1) is 62.4. The zero-order valence-electron chi connectivity index (χ0n) is 38.6. The second kappa shape index (κ2) is 28.3. The van der Waals surface area contributed by atoms with Crippen LogP contribution in [-0.2, 0) is 57.2 Å². The number of hydrogen-bond donors (Lipinski definition) is 0. The quantitative estimate of drug-likeness (QED) is 0.0475. The lowest BCUT2D eigenvalue weighted by Gasteiger charge is -2.26. The predicted octanol–water partition coefficient (Wildman–Crippen LogP) is 11.2. The van der Waals surface area contributed by atoms with Crippen LogP contribution in [0.4, 0.5) is 0 Å². The molecule has 0 atom stereocenters. The van der Waals surface area contributed by atoms with Crippen molar-refractivity contribution in [2.24, 2.45) is 11.8 Å². The fourth-order valence-electron chi connectivity index (χ4n) is 4.27. The van der Waals surface area contributed by atoms with Gasteiger partial charge in [-0.05, 0) is 150 Å². The smallest absolute Gasteiger partial charge is 0.320 e. The van der Waals surface area contributed by atoms with Crippen LogP contribution in [0.25, 0.3) is 0 Å². The van der Waals surface area contributed by atoms with E-state index in [0.29, 0.717) is 19.3 Å². The molecule has 0 fully saturated rings. The maximum Gasteiger partial charge on any atom is 0.320 e. The fraction of sp³-hybridized carbons (Fsp3) is 0.864. The SMILES string of the molecule is BrCCCCCBr.C.CC(C)(C)OC(=O)C(CCCCCC(C(=O)OC(C)(C)C)C(=O)OC(C)(C)C)C(=O)OC(C)(C)C.CC(C)(C)OC(=O)CC(=O)OC(C)(C)C. The van der Waals surface area contributed by atoms with E-state index in [4.69, 9.17) is 28.4 Å². The molecule has 0 spiro atoms. The number of rotatable bonds is 16. The average molecular weight is 963 g/mol. The summed E-state index contributed by atoms with van der Waals surface area (Å²) in [7, 11) is 0. The molecule has 0 radical (unpaired) electrons. The zero-order valence-corrected chi connectivity index (χ0v) is 41.8. The third kappa shape index (κ3) is 41.9.